The summed E-state index contributed by atoms with van der Waals surface area (Å²) in [4.78, 5) is 10.9. The first-order chi connectivity index (χ1) is 9.06. The average Bonchev–Trinajstić information content (AvgIpc) is 2.40. The quantitative estimate of drug-likeness (QED) is 0.866. The van der Waals surface area contributed by atoms with E-state index in [1.165, 1.54) is 0 Å². The predicted octanol–water partition coefficient (Wildman–Crippen LogP) is 4.41. The second kappa shape index (κ2) is 6.08. The molecule has 0 fully saturated rings. The second-order valence-corrected chi connectivity index (χ2v) is 5.30. The molecule has 0 aromatic heterocycles. The summed E-state index contributed by atoms with van der Waals surface area (Å²) < 4.78 is 0.952. The van der Waals surface area contributed by atoms with Crippen molar-refractivity contribution in [3.8, 4) is 0 Å². The van der Waals surface area contributed by atoms with Crippen molar-refractivity contribution >= 4 is 39.2 Å². The van der Waals surface area contributed by atoms with Gasteiger partial charge in [-0.05, 0) is 42.0 Å². The van der Waals surface area contributed by atoms with Crippen LogP contribution < -0.4 is 5.32 Å². The molecule has 0 bridgehead atoms. The van der Waals surface area contributed by atoms with Crippen molar-refractivity contribution in [3.63, 3.8) is 0 Å². The second-order valence-electron chi connectivity index (χ2n) is 3.98. The van der Waals surface area contributed by atoms with E-state index in [9.17, 15) is 4.79 Å². The van der Waals surface area contributed by atoms with E-state index in [-0.39, 0.29) is 5.56 Å². The minimum Gasteiger partial charge on any atom is -0.478 e. The number of carboxylic acid groups (broad SMARTS) is 1. The summed E-state index contributed by atoms with van der Waals surface area (Å²) in [6.45, 7) is 0.529. The number of hydrogen-bond acceptors (Lipinski definition) is 2. The number of rotatable bonds is 4. The summed E-state index contributed by atoms with van der Waals surface area (Å²) in [5.41, 5.74) is 1.94. The number of anilines is 1. The van der Waals surface area contributed by atoms with Crippen molar-refractivity contribution in [1.29, 1.82) is 0 Å². The van der Waals surface area contributed by atoms with E-state index in [0.29, 0.717) is 11.6 Å². The molecule has 2 rings (SSSR count). The molecule has 0 atom stereocenters. The molecule has 0 saturated carbocycles. The van der Waals surface area contributed by atoms with Gasteiger partial charge < -0.3 is 10.4 Å². The van der Waals surface area contributed by atoms with E-state index in [1.807, 2.05) is 24.3 Å². The van der Waals surface area contributed by atoms with Gasteiger partial charge in [0.2, 0.25) is 0 Å². The molecule has 0 unspecified atom stereocenters. The largest absolute Gasteiger partial charge is 0.478 e. The Morgan fingerprint density at radius 3 is 2.79 bits per heavy atom. The molecule has 0 aliphatic carbocycles. The van der Waals surface area contributed by atoms with Crippen LogP contribution in [0.15, 0.2) is 46.9 Å². The van der Waals surface area contributed by atoms with Gasteiger partial charge in [0, 0.05) is 21.7 Å². The fraction of sp³-hybridized carbons (Fsp3) is 0.0714. The Kier molecular flexibility index (Phi) is 4.45. The summed E-state index contributed by atoms with van der Waals surface area (Å²) in [6.07, 6.45) is 0. The van der Waals surface area contributed by atoms with Crippen LogP contribution in [0.3, 0.4) is 0 Å². The van der Waals surface area contributed by atoms with Gasteiger partial charge >= 0.3 is 5.97 Å². The first kappa shape index (κ1) is 13.9. The van der Waals surface area contributed by atoms with Crippen molar-refractivity contribution in [3.05, 3.63) is 63.1 Å². The van der Waals surface area contributed by atoms with Gasteiger partial charge in [-0.15, -0.1) is 0 Å². The molecule has 0 spiro atoms. The fourth-order valence-corrected chi connectivity index (χ4v) is 2.23. The highest BCUT2D eigenvalue weighted by Crippen LogP contribution is 2.22. The SMILES string of the molecule is O=C(O)c1cccc(NCc2cc(Br)ccc2Cl)c1. The van der Waals surface area contributed by atoms with Crippen LogP contribution in [0.1, 0.15) is 15.9 Å². The van der Waals surface area contributed by atoms with E-state index < -0.39 is 5.97 Å². The molecule has 0 amide bonds. The van der Waals surface area contributed by atoms with Gasteiger partial charge in [0.05, 0.1) is 5.56 Å². The van der Waals surface area contributed by atoms with Crippen LogP contribution in [0.4, 0.5) is 5.69 Å². The third-order valence-electron chi connectivity index (χ3n) is 2.60. The lowest BCUT2D eigenvalue weighted by molar-refractivity contribution is 0.0697. The molecular formula is C14H11BrClNO2. The molecule has 19 heavy (non-hydrogen) atoms. The third kappa shape index (κ3) is 3.72. The van der Waals surface area contributed by atoms with Crippen LogP contribution in [-0.2, 0) is 6.54 Å². The number of nitrogens with one attached hydrogen (secondary N) is 1. The molecule has 2 N–H and O–H groups in total. The van der Waals surface area contributed by atoms with Crippen LogP contribution in [-0.4, -0.2) is 11.1 Å². The van der Waals surface area contributed by atoms with Crippen LogP contribution in [0.2, 0.25) is 5.02 Å². The number of aromatic carboxylic acids is 1. The topological polar surface area (TPSA) is 49.3 Å². The minimum absolute atomic E-state index is 0.255. The maximum absolute atomic E-state index is 10.9. The molecule has 0 heterocycles. The third-order valence-corrected chi connectivity index (χ3v) is 3.46. The number of benzene rings is 2. The molecule has 3 nitrogen and oxygen atoms in total. The van der Waals surface area contributed by atoms with Crippen molar-refractivity contribution in [2.24, 2.45) is 0 Å². The van der Waals surface area contributed by atoms with E-state index in [0.717, 1.165) is 15.7 Å². The summed E-state index contributed by atoms with van der Waals surface area (Å²) in [5, 5.41) is 12.7. The van der Waals surface area contributed by atoms with Crippen molar-refractivity contribution in [2.45, 2.75) is 6.54 Å². The molecule has 0 radical (unpaired) electrons. The molecule has 0 saturated heterocycles. The van der Waals surface area contributed by atoms with Crippen molar-refractivity contribution in [2.75, 3.05) is 5.32 Å². The van der Waals surface area contributed by atoms with E-state index in [4.69, 9.17) is 16.7 Å². The highest BCUT2D eigenvalue weighted by atomic mass is 79.9. The maximum atomic E-state index is 10.9. The molecule has 98 valence electrons. The molecule has 2 aromatic carbocycles. The van der Waals surface area contributed by atoms with Crippen LogP contribution >= 0.6 is 27.5 Å². The molecule has 2 aromatic rings. The maximum Gasteiger partial charge on any atom is 0.335 e. The average molecular weight is 341 g/mol. The van der Waals surface area contributed by atoms with Gasteiger partial charge in [0.1, 0.15) is 0 Å². The van der Waals surface area contributed by atoms with Gasteiger partial charge in [0.25, 0.3) is 0 Å². The lowest BCUT2D eigenvalue weighted by Crippen LogP contribution is -2.02. The van der Waals surface area contributed by atoms with Crippen LogP contribution in [0.5, 0.6) is 0 Å². The smallest absolute Gasteiger partial charge is 0.335 e. The first-order valence-electron chi connectivity index (χ1n) is 5.57. The summed E-state index contributed by atoms with van der Waals surface area (Å²) in [5.74, 6) is -0.941. The van der Waals surface area contributed by atoms with Crippen LogP contribution in [0, 0.1) is 0 Å². The Morgan fingerprint density at radius 1 is 1.26 bits per heavy atom. The highest BCUT2D eigenvalue weighted by Gasteiger charge is 2.04. The Balaban J connectivity index is 2.12. The van der Waals surface area contributed by atoms with Gasteiger partial charge in [-0.3, -0.25) is 0 Å². The van der Waals surface area contributed by atoms with E-state index in [1.54, 1.807) is 18.2 Å². The first-order valence-corrected chi connectivity index (χ1v) is 6.74. The van der Waals surface area contributed by atoms with Gasteiger partial charge in [0.15, 0.2) is 0 Å². The zero-order chi connectivity index (χ0) is 13.8. The van der Waals surface area contributed by atoms with Crippen molar-refractivity contribution in [1.82, 2.24) is 0 Å². The Morgan fingerprint density at radius 2 is 2.05 bits per heavy atom. The lowest BCUT2D eigenvalue weighted by Gasteiger charge is -2.09. The highest BCUT2D eigenvalue weighted by molar-refractivity contribution is 9.10. The summed E-state index contributed by atoms with van der Waals surface area (Å²) in [7, 11) is 0. The zero-order valence-corrected chi connectivity index (χ0v) is 12.2. The predicted molar refractivity (Wildman–Crippen MR) is 79.9 cm³/mol. The minimum atomic E-state index is -0.941. The van der Waals surface area contributed by atoms with Crippen molar-refractivity contribution < 1.29 is 9.90 Å². The normalized spacial score (nSPS) is 10.2. The number of halogens is 2. The molecular weight excluding hydrogens is 330 g/mol. The Bertz CT molecular complexity index is 616. The summed E-state index contributed by atoms with van der Waals surface area (Å²) in [6, 6.07) is 12.3. The van der Waals surface area contributed by atoms with Gasteiger partial charge in [-0.25, -0.2) is 4.79 Å². The number of hydrogen-bond donors (Lipinski definition) is 2. The summed E-state index contributed by atoms with van der Waals surface area (Å²) >= 11 is 9.48. The molecule has 0 aliphatic rings. The van der Waals surface area contributed by atoms with E-state index >= 15 is 0 Å². The molecule has 5 heteroatoms. The number of carbonyl (C=O) groups is 1. The zero-order valence-electron chi connectivity index (χ0n) is 9.86. The molecule has 0 aliphatic heterocycles. The van der Waals surface area contributed by atoms with Crippen LogP contribution in [0.25, 0.3) is 0 Å². The van der Waals surface area contributed by atoms with Gasteiger partial charge in [-0.2, -0.15) is 0 Å². The fourth-order valence-electron chi connectivity index (χ4n) is 1.64. The Labute approximate surface area is 124 Å². The van der Waals surface area contributed by atoms with Gasteiger partial charge in [-0.1, -0.05) is 33.6 Å². The number of carboxylic acids is 1. The monoisotopic (exact) mass is 339 g/mol. The van der Waals surface area contributed by atoms with E-state index in [2.05, 4.69) is 21.2 Å². The lowest BCUT2D eigenvalue weighted by atomic mass is 10.2. The Hall–Kier alpha value is -1.52. The standard InChI is InChI=1S/C14H11BrClNO2/c15-11-4-5-13(16)10(6-11)8-17-12-3-1-2-9(7-12)14(18)19/h1-7,17H,8H2,(H,18,19).